The van der Waals surface area contributed by atoms with E-state index in [2.05, 4.69) is 13.8 Å². The zero-order valence-electron chi connectivity index (χ0n) is 12.3. The number of ether oxygens (including phenoxy) is 1. The molecule has 0 amide bonds. The highest BCUT2D eigenvalue weighted by atomic mass is 16.5. The maximum absolute atomic E-state index is 12.4. The molecular formula is C16H22O3. The summed E-state index contributed by atoms with van der Waals surface area (Å²) in [5, 5.41) is 0. The number of carbonyl (C=O) groups is 2. The molecule has 19 heavy (non-hydrogen) atoms. The first-order chi connectivity index (χ1) is 8.80. The number of carbonyl (C=O) groups excluding carboxylic acids is 2. The molecule has 0 unspecified atom stereocenters. The fourth-order valence-corrected chi connectivity index (χ4v) is 1.78. The fourth-order valence-electron chi connectivity index (χ4n) is 1.78. The van der Waals surface area contributed by atoms with Crippen LogP contribution < -0.4 is 0 Å². The van der Waals surface area contributed by atoms with Gasteiger partial charge in [-0.3, -0.25) is 9.59 Å². The lowest BCUT2D eigenvalue weighted by Crippen LogP contribution is -2.35. The second-order valence-electron chi connectivity index (χ2n) is 5.45. The lowest BCUT2D eigenvalue weighted by molar-refractivity contribution is -0.150. The van der Waals surface area contributed by atoms with Crippen LogP contribution in [0.25, 0.3) is 0 Å². The molecule has 0 atom stereocenters. The van der Waals surface area contributed by atoms with Gasteiger partial charge in [-0.25, -0.2) is 0 Å². The van der Waals surface area contributed by atoms with Crippen LogP contribution in [0, 0.1) is 5.41 Å². The number of hydrogen-bond acceptors (Lipinski definition) is 3. The SMILES string of the molecule is CCOC(=O)C(C)(C)C(=O)c1ccc(C(C)C)cc1. The second kappa shape index (κ2) is 6.00. The van der Waals surface area contributed by atoms with Gasteiger partial charge in [-0.05, 0) is 32.3 Å². The Kier molecular flexibility index (Phi) is 4.87. The molecule has 3 heteroatoms. The number of rotatable bonds is 5. The zero-order valence-corrected chi connectivity index (χ0v) is 12.3. The molecule has 1 aromatic rings. The van der Waals surface area contributed by atoms with E-state index in [0.29, 0.717) is 11.5 Å². The van der Waals surface area contributed by atoms with Crippen molar-refractivity contribution < 1.29 is 14.3 Å². The van der Waals surface area contributed by atoms with Crippen molar-refractivity contribution in [1.82, 2.24) is 0 Å². The predicted octanol–water partition coefficient (Wildman–Crippen LogP) is 3.58. The number of hydrogen-bond donors (Lipinski definition) is 0. The fraction of sp³-hybridized carbons (Fsp3) is 0.500. The van der Waals surface area contributed by atoms with Crippen LogP contribution in [0.4, 0.5) is 0 Å². The van der Waals surface area contributed by atoms with Gasteiger partial charge in [-0.2, -0.15) is 0 Å². The van der Waals surface area contributed by atoms with Crippen LogP contribution in [0.5, 0.6) is 0 Å². The van der Waals surface area contributed by atoms with Crippen LogP contribution >= 0.6 is 0 Å². The lowest BCUT2D eigenvalue weighted by Gasteiger charge is -2.21. The molecule has 0 radical (unpaired) electrons. The minimum absolute atomic E-state index is 0.207. The van der Waals surface area contributed by atoms with Crippen LogP contribution in [-0.2, 0) is 9.53 Å². The van der Waals surface area contributed by atoms with Crippen molar-refractivity contribution >= 4 is 11.8 Å². The quantitative estimate of drug-likeness (QED) is 0.463. The summed E-state index contributed by atoms with van der Waals surface area (Å²) in [6, 6.07) is 7.41. The van der Waals surface area contributed by atoms with Crippen LogP contribution in [-0.4, -0.2) is 18.4 Å². The summed E-state index contributed by atoms with van der Waals surface area (Å²) in [5.41, 5.74) is 0.572. The van der Waals surface area contributed by atoms with Gasteiger partial charge in [0.25, 0.3) is 0 Å². The van der Waals surface area contributed by atoms with E-state index in [-0.39, 0.29) is 12.4 Å². The van der Waals surface area contributed by atoms with E-state index in [0.717, 1.165) is 0 Å². The largest absolute Gasteiger partial charge is 0.465 e. The first-order valence-corrected chi connectivity index (χ1v) is 6.62. The second-order valence-corrected chi connectivity index (χ2v) is 5.45. The van der Waals surface area contributed by atoms with Gasteiger partial charge < -0.3 is 4.74 Å². The summed E-state index contributed by atoms with van der Waals surface area (Å²) >= 11 is 0. The molecule has 0 aliphatic heterocycles. The van der Waals surface area contributed by atoms with Crippen molar-refractivity contribution in [2.24, 2.45) is 5.41 Å². The molecule has 0 aliphatic rings. The lowest BCUT2D eigenvalue weighted by atomic mass is 9.84. The number of esters is 1. The van der Waals surface area contributed by atoms with E-state index < -0.39 is 11.4 Å². The van der Waals surface area contributed by atoms with Gasteiger partial charge in [-0.1, -0.05) is 38.1 Å². The maximum Gasteiger partial charge on any atom is 0.319 e. The van der Waals surface area contributed by atoms with Crippen LogP contribution in [0.1, 0.15) is 56.5 Å². The molecule has 0 fully saturated rings. The average molecular weight is 262 g/mol. The highest BCUT2D eigenvalue weighted by Gasteiger charge is 2.37. The van der Waals surface area contributed by atoms with Crippen molar-refractivity contribution in [2.45, 2.75) is 40.5 Å². The molecule has 0 saturated heterocycles. The summed E-state index contributed by atoms with van der Waals surface area (Å²) in [6.45, 7) is 9.41. The topological polar surface area (TPSA) is 43.4 Å². The van der Waals surface area contributed by atoms with Crippen molar-refractivity contribution in [2.75, 3.05) is 6.61 Å². The van der Waals surface area contributed by atoms with Crippen molar-refractivity contribution in [3.8, 4) is 0 Å². The van der Waals surface area contributed by atoms with E-state index in [9.17, 15) is 9.59 Å². The minimum Gasteiger partial charge on any atom is -0.465 e. The third kappa shape index (κ3) is 3.43. The molecule has 0 heterocycles. The Bertz CT molecular complexity index is 455. The Morgan fingerprint density at radius 2 is 1.68 bits per heavy atom. The van der Waals surface area contributed by atoms with Crippen LogP contribution in [0.2, 0.25) is 0 Å². The molecule has 3 nitrogen and oxygen atoms in total. The van der Waals surface area contributed by atoms with E-state index in [4.69, 9.17) is 4.74 Å². The number of Topliss-reactive ketones (excluding diaryl/α,β-unsaturated/α-hetero) is 1. The van der Waals surface area contributed by atoms with Gasteiger partial charge in [0.05, 0.1) is 6.61 Å². The summed E-state index contributed by atoms with van der Waals surface area (Å²) in [7, 11) is 0. The summed E-state index contributed by atoms with van der Waals surface area (Å²) < 4.78 is 4.95. The molecule has 0 aromatic heterocycles. The molecule has 1 aromatic carbocycles. The van der Waals surface area contributed by atoms with E-state index in [1.54, 1.807) is 32.9 Å². The molecule has 104 valence electrons. The van der Waals surface area contributed by atoms with Gasteiger partial charge >= 0.3 is 5.97 Å². The molecule has 0 N–H and O–H groups in total. The van der Waals surface area contributed by atoms with Crippen molar-refractivity contribution in [1.29, 1.82) is 0 Å². The zero-order chi connectivity index (χ0) is 14.6. The van der Waals surface area contributed by atoms with Crippen molar-refractivity contribution in [3.63, 3.8) is 0 Å². The third-order valence-electron chi connectivity index (χ3n) is 3.19. The van der Waals surface area contributed by atoms with E-state index >= 15 is 0 Å². The molecule has 0 aliphatic carbocycles. The Morgan fingerprint density at radius 1 is 1.16 bits per heavy atom. The predicted molar refractivity (Wildman–Crippen MR) is 75.3 cm³/mol. The van der Waals surface area contributed by atoms with Crippen molar-refractivity contribution in [3.05, 3.63) is 35.4 Å². The van der Waals surface area contributed by atoms with Gasteiger partial charge in [0.15, 0.2) is 5.78 Å². The average Bonchev–Trinajstić information content (AvgIpc) is 2.38. The smallest absolute Gasteiger partial charge is 0.319 e. The molecule has 1 rings (SSSR count). The number of ketones is 1. The molecular weight excluding hydrogens is 240 g/mol. The molecule has 0 saturated carbocycles. The summed E-state index contributed by atoms with van der Waals surface area (Å²) in [4.78, 5) is 24.2. The maximum atomic E-state index is 12.4. The molecule has 0 spiro atoms. The highest BCUT2D eigenvalue weighted by Crippen LogP contribution is 2.25. The van der Waals surface area contributed by atoms with Crippen LogP contribution in [0.15, 0.2) is 24.3 Å². The van der Waals surface area contributed by atoms with E-state index in [1.807, 2.05) is 12.1 Å². The normalized spacial score (nSPS) is 11.5. The first-order valence-electron chi connectivity index (χ1n) is 6.62. The monoisotopic (exact) mass is 262 g/mol. The standard InChI is InChI=1S/C16H22O3/c1-6-19-15(18)16(4,5)14(17)13-9-7-12(8-10-13)11(2)3/h7-11H,6H2,1-5H3. The Hall–Kier alpha value is -1.64. The summed E-state index contributed by atoms with van der Waals surface area (Å²) in [5.74, 6) is -0.267. The van der Waals surface area contributed by atoms with Crippen LogP contribution in [0.3, 0.4) is 0 Å². The summed E-state index contributed by atoms with van der Waals surface area (Å²) in [6.07, 6.45) is 0. The Labute approximate surface area is 115 Å². The van der Waals surface area contributed by atoms with Gasteiger partial charge in [0, 0.05) is 5.56 Å². The van der Waals surface area contributed by atoms with Gasteiger partial charge in [0.2, 0.25) is 0 Å². The van der Waals surface area contributed by atoms with Gasteiger partial charge in [0.1, 0.15) is 5.41 Å². The van der Waals surface area contributed by atoms with E-state index in [1.165, 1.54) is 5.56 Å². The third-order valence-corrected chi connectivity index (χ3v) is 3.19. The number of benzene rings is 1. The minimum atomic E-state index is -1.14. The Balaban J connectivity index is 2.96. The first kappa shape index (κ1) is 15.4. The highest BCUT2D eigenvalue weighted by molar-refractivity contribution is 6.11. The Morgan fingerprint density at radius 3 is 2.11 bits per heavy atom. The van der Waals surface area contributed by atoms with Gasteiger partial charge in [-0.15, -0.1) is 0 Å². The molecule has 0 bridgehead atoms.